The standard InChI is InChI=1S/C14H18N2O2S/c1-11(2)13(17)18-9-8-15-14(19)16-10-12-6-4-3-5-7-12/h3-7H,1,8-10H2,2H3,(H2,15,16,19). The number of esters is 1. The summed E-state index contributed by atoms with van der Waals surface area (Å²) in [5.41, 5.74) is 1.55. The molecule has 0 saturated carbocycles. The average Bonchev–Trinajstić information content (AvgIpc) is 2.42. The second kappa shape index (κ2) is 8.26. The summed E-state index contributed by atoms with van der Waals surface area (Å²) >= 11 is 5.10. The van der Waals surface area contributed by atoms with Gasteiger partial charge in [0, 0.05) is 12.1 Å². The highest BCUT2D eigenvalue weighted by Gasteiger charge is 2.02. The maximum Gasteiger partial charge on any atom is 0.333 e. The number of ether oxygens (including phenoxy) is 1. The third kappa shape index (κ3) is 6.57. The van der Waals surface area contributed by atoms with Crippen LogP contribution >= 0.6 is 12.2 Å². The van der Waals surface area contributed by atoms with Gasteiger partial charge in [-0.3, -0.25) is 0 Å². The van der Waals surface area contributed by atoms with E-state index in [4.69, 9.17) is 17.0 Å². The Balaban J connectivity index is 2.12. The van der Waals surface area contributed by atoms with E-state index in [1.54, 1.807) is 6.92 Å². The first-order chi connectivity index (χ1) is 9.09. The zero-order chi connectivity index (χ0) is 14.1. The third-order valence-electron chi connectivity index (χ3n) is 2.27. The molecule has 1 aromatic rings. The number of hydrogen-bond acceptors (Lipinski definition) is 3. The van der Waals surface area contributed by atoms with Crippen molar-refractivity contribution in [2.75, 3.05) is 13.2 Å². The molecule has 0 amide bonds. The minimum absolute atomic E-state index is 0.263. The van der Waals surface area contributed by atoms with E-state index in [0.717, 1.165) is 5.56 Å². The van der Waals surface area contributed by atoms with Crippen molar-refractivity contribution in [3.05, 3.63) is 48.0 Å². The molecule has 2 N–H and O–H groups in total. The smallest absolute Gasteiger partial charge is 0.333 e. The van der Waals surface area contributed by atoms with Gasteiger partial charge < -0.3 is 15.4 Å². The van der Waals surface area contributed by atoms with Gasteiger partial charge in [0.25, 0.3) is 0 Å². The quantitative estimate of drug-likeness (QED) is 0.359. The molecule has 0 fully saturated rings. The van der Waals surface area contributed by atoms with Crippen LogP contribution in [0.1, 0.15) is 12.5 Å². The van der Waals surface area contributed by atoms with Crippen molar-refractivity contribution >= 4 is 23.3 Å². The lowest BCUT2D eigenvalue weighted by Gasteiger charge is -2.10. The molecule has 5 heteroatoms. The highest BCUT2D eigenvalue weighted by Crippen LogP contribution is 1.96. The molecule has 102 valence electrons. The second-order valence-electron chi connectivity index (χ2n) is 4.01. The fourth-order valence-electron chi connectivity index (χ4n) is 1.27. The van der Waals surface area contributed by atoms with E-state index in [9.17, 15) is 4.79 Å². The van der Waals surface area contributed by atoms with Crippen molar-refractivity contribution in [1.82, 2.24) is 10.6 Å². The molecule has 0 bridgehead atoms. The second-order valence-corrected chi connectivity index (χ2v) is 4.42. The van der Waals surface area contributed by atoms with Gasteiger partial charge in [0.05, 0.1) is 6.54 Å². The molecule has 0 aliphatic rings. The highest BCUT2D eigenvalue weighted by atomic mass is 32.1. The summed E-state index contributed by atoms with van der Waals surface area (Å²) in [6.45, 7) is 6.51. The Hall–Kier alpha value is -1.88. The Kier molecular flexibility index (Phi) is 6.60. The molecule has 0 saturated heterocycles. The van der Waals surface area contributed by atoms with Crippen LogP contribution in [-0.2, 0) is 16.1 Å². The van der Waals surface area contributed by atoms with Gasteiger partial charge in [0.2, 0.25) is 0 Å². The van der Waals surface area contributed by atoms with E-state index in [0.29, 0.717) is 23.8 Å². The van der Waals surface area contributed by atoms with Gasteiger partial charge in [0.15, 0.2) is 5.11 Å². The maximum atomic E-state index is 11.1. The van der Waals surface area contributed by atoms with Crippen molar-refractivity contribution < 1.29 is 9.53 Å². The summed E-state index contributed by atoms with van der Waals surface area (Å²) in [6, 6.07) is 9.96. The van der Waals surface area contributed by atoms with Crippen LogP contribution < -0.4 is 10.6 Å². The van der Waals surface area contributed by atoms with E-state index >= 15 is 0 Å². The summed E-state index contributed by atoms with van der Waals surface area (Å²) in [4.78, 5) is 11.1. The molecule has 0 spiro atoms. The number of rotatable bonds is 6. The molecule has 0 radical (unpaired) electrons. The molecule has 0 aromatic heterocycles. The molecule has 4 nitrogen and oxygen atoms in total. The monoisotopic (exact) mass is 278 g/mol. The summed E-state index contributed by atoms with van der Waals surface area (Å²) in [7, 11) is 0. The summed E-state index contributed by atoms with van der Waals surface area (Å²) in [5, 5.41) is 6.57. The fraction of sp³-hybridized carbons (Fsp3) is 0.286. The first kappa shape index (κ1) is 15.2. The van der Waals surface area contributed by atoms with E-state index in [-0.39, 0.29) is 12.6 Å². The molecule has 0 heterocycles. The predicted molar refractivity (Wildman–Crippen MR) is 79.7 cm³/mol. The van der Waals surface area contributed by atoms with E-state index < -0.39 is 0 Å². The van der Waals surface area contributed by atoms with Gasteiger partial charge in [-0.15, -0.1) is 0 Å². The van der Waals surface area contributed by atoms with Crippen molar-refractivity contribution in [2.45, 2.75) is 13.5 Å². The lowest BCUT2D eigenvalue weighted by molar-refractivity contribution is -0.138. The Morgan fingerprint density at radius 1 is 1.32 bits per heavy atom. The first-order valence-electron chi connectivity index (χ1n) is 5.98. The van der Waals surface area contributed by atoms with Gasteiger partial charge in [0.1, 0.15) is 6.61 Å². The number of benzene rings is 1. The van der Waals surface area contributed by atoms with Gasteiger partial charge in [-0.2, -0.15) is 0 Å². The summed E-state index contributed by atoms with van der Waals surface area (Å²) in [6.07, 6.45) is 0. The van der Waals surface area contributed by atoms with Crippen LogP contribution in [0.15, 0.2) is 42.5 Å². The minimum Gasteiger partial charge on any atom is -0.460 e. The van der Waals surface area contributed by atoms with Crippen LogP contribution in [0.25, 0.3) is 0 Å². The predicted octanol–water partition coefficient (Wildman–Crippen LogP) is 1.77. The van der Waals surface area contributed by atoms with Crippen molar-refractivity contribution in [3.8, 4) is 0 Å². The Labute approximate surface area is 118 Å². The van der Waals surface area contributed by atoms with Crippen molar-refractivity contribution in [1.29, 1.82) is 0 Å². The molecule has 0 atom stereocenters. The highest BCUT2D eigenvalue weighted by molar-refractivity contribution is 7.80. The van der Waals surface area contributed by atoms with Crippen LogP contribution in [0.3, 0.4) is 0 Å². The molecule has 0 aliphatic carbocycles. The van der Waals surface area contributed by atoms with Crippen molar-refractivity contribution in [2.24, 2.45) is 0 Å². The number of nitrogens with one attached hydrogen (secondary N) is 2. The van der Waals surface area contributed by atoms with Crippen molar-refractivity contribution in [3.63, 3.8) is 0 Å². The van der Waals surface area contributed by atoms with E-state index in [1.165, 1.54) is 0 Å². The number of carbonyl (C=O) groups is 1. The Bertz CT molecular complexity index is 446. The van der Waals surface area contributed by atoms with Gasteiger partial charge in [-0.1, -0.05) is 36.9 Å². The topological polar surface area (TPSA) is 50.4 Å². The molecule has 1 aromatic carbocycles. The van der Waals surface area contributed by atoms with Crippen LogP contribution in [0.5, 0.6) is 0 Å². The molecule has 0 aliphatic heterocycles. The van der Waals surface area contributed by atoms with Gasteiger partial charge in [-0.05, 0) is 24.7 Å². The summed E-state index contributed by atoms with van der Waals surface area (Å²) < 4.78 is 4.93. The molecular weight excluding hydrogens is 260 g/mol. The normalized spacial score (nSPS) is 9.53. The molecule has 1 rings (SSSR count). The lowest BCUT2D eigenvalue weighted by atomic mass is 10.2. The van der Waals surface area contributed by atoms with Gasteiger partial charge in [-0.25, -0.2) is 4.79 Å². The largest absolute Gasteiger partial charge is 0.460 e. The van der Waals surface area contributed by atoms with Crippen LogP contribution in [0, 0.1) is 0 Å². The Morgan fingerprint density at radius 2 is 2.00 bits per heavy atom. The third-order valence-corrected chi connectivity index (χ3v) is 2.55. The SMILES string of the molecule is C=C(C)C(=O)OCCNC(=S)NCc1ccccc1. The van der Waals surface area contributed by atoms with Crippen LogP contribution in [0.2, 0.25) is 0 Å². The maximum absolute atomic E-state index is 11.1. The number of carbonyl (C=O) groups excluding carboxylic acids is 1. The fourth-order valence-corrected chi connectivity index (χ4v) is 1.45. The molecule has 0 unspecified atom stereocenters. The van der Waals surface area contributed by atoms with E-state index in [2.05, 4.69) is 17.2 Å². The molecular formula is C14H18N2O2S. The first-order valence-corrected chi connectivity index (χ1v) is 6.38. The van der Waals surface area contributed by atoms with Gasteiger partial charge >= 0.3 is 5.97 Å². The van der Waals surface area contributed by atoms with Crippen LogP contribution in [-0.4, -0.2) is 24.2 Å². The number of thiocarbonyl (C=S) groups is 1. The lowest BCUT2D eigenvalue weighted by Crippen LogP contribution is -2.36. The van der Waals surface area contributed by atoms with E-state index in [1.807, 2.05) is 30.3 Å². The summed E-state index contributed by atoms with van der Waals surface area (Å²) in [5.74, 6) is -0.384. The minimum atomic E-state index is -0.384. The molecule has 19 heavy (non-hydrogen) atoms. The van der Waals surface area contributed by atoms with Crippen LogP contribution in [0.4, 0.5) is 0 Å². The average molecular weight is 278 g/mol. The zero-order valence-electron chi connectivity index (χ0n) is 10.9. The zero-order valence-corrected chi connectivity index (χ0v) is 11.8. The Morgan fingerprint density at radius 3 is 2.63 bits per heavy atom. The number of hydrogen-bond donors (Lipinski definition) is 2.